The van der Waals surface area contributed by atoms with Crippen LogP contribution in [0.15, 0.2) is 54.1 Å². The summed E-state index contributed by atoms with van der Waals surface area (Å²) in [5.41, 5.74) is 5.94. The number of hydrogen-bond donors (Lipinski definition) is 1. The number of unbranched alkanes of at least 4 members (excludes halogenated alkanes) is 4. The highest BCUT2D eigenvalue weighted by Crippen LogP contribution is 2.42. The number of allylic oxidation sites excluding steroid dienone is 1. The van der Waals surface area contributed by atoms with Crippen molar-refractivity contribution in [3.05, 3.63) is 70.3 Å². The zero-order chi connectivity index (χ0) is 33.2. The fourth-order valence-electron chi connectivity index (χ4n) is 6.40. The van der Waals surface area contributed by atoms with E-state index in [2.05, 4.69) is 40.5 Å². The number of halogens is 1. The van der Waals surface area contributed by atoms with Gasteiger partial charge in [-0.15, -0.1) is 0 Å². The molecule has 1 fully saturated rings. The van der Waals surface area contributed by atoms with Crippen molar-refractivity contribution in [1.82, 2.24) is 9.62 Å². The second kappa shape index (κ2) is 16.8. The summed E-state index contributed by atoms with van der Waals surface area (Å²) in [4.78, 5) is 28.9. The number of nitrogens with zero attached hydrogens (tertiary/aromatic N) is 2. The van der Waals surface area contributed by atoms with E-state index < -0.39 is 15.9 Å². The summed E-state index contributed by atoms with van der Waals surface area (Å²) in [7, 11) is -3.72. The maximum Gasteiger partial charge on any atom is 0.305 e. The molecule has 1 saturated heterocycles. The molecule has 2 aromatic rings. The molecule has 1 N–H and O–H groups in total. The van der Waals surface area contributed by atoms with Gasteiger partial charge >= 0.3 is 5.97 Å². The number of amides is 1. The van der Waals surface area contributed by atoms with Crippen molar-refractivity contribution in [1.29, 1.82) is 0 Å². The van der Waals surface area contributed by atoms with Crippen molar-refractivity contribution in [3.63, 3.8) is 0 Å². The van der Waals surface area contributed by atoms with Gasteiger partial charge in [-0.2, -0.15) is 0 Å². The van der Waals surface area contributed by atoms with Gasteiger partial charge in [-0.05, 0) is 92.0 Å². The van der Waals surface area contributed by atoms with E-state index >= 15 is 0 Å². The third-order valence-electron chi connectivity index (χ3n) is 8.99. The molecule has 0 atom stereocenters. The first-order chi connectivity index (χ1) is 21.9. The molecule has 1 heterocycles. The molecule has 0 radical (unpaired) electrons. The molecular weight excluding hydrogens is 622 g/mol. The van der Waals surface area contributed by atoms with Crippen molar-refractivity contribution in [3.8, 4) is 0 Å². The Hall–Kier alpha value is -2.88. The molecule has 252 valence electrons. The highest BCUT2D eigenvalue weighted by atomic mass is 35.5. The Morgan fingerprint density at radius 3 is 2.24 bits per heavy atom. The minimum Gasteiger partial charge on any atom is -0.466 e. The first-order valence-corrected chi connectivity index (χ1v) is 18.7. The predicted molar refractivity (Wildman–Crippen MR) is 187 cm³/mol. The van der Waals surface area contributed by atoms with Gasteiger partial charge < -0.3 is 9.64 Å². The largest absolute Gasteiger partial charge is 0.466 e. The van der Waals surface area contributed by atoms with Crippen LogP contribution in [0.25, 0.3) is 5.57 Å². The summed E-state index contributed by atoms with van der Waals surface area (Å²) in [5, 5.41) is 0.764. The molecule has 0 saturated carbocycles. The number of nitrogens with one attached hydrogen (secondary N) is 1. The molecule has 4 rings (SSSR count). The molecule has 1 aliphatic carbocycles. The Morgan fingerprint density at radius 1 is 0.913 bits per heavy atom. The number of anilines is 1. The standard InChI is InChI=1S/C36H50ClN3O5S/c1-4-45-34(41)10-8-6-5-7-9-25-46(43,44)38-35(42)29-13-17-32(18-14-29)40-23-21-39(22-24-40)27-30-26-36(2,3)20-19-33(30)28-11-15-31(37)16-12-28/h11-18H,4-10,19-27H2,1-3H3,(H,38,42). The van der Waals surface area contributed by atoms with Gasteiger partial charge in [-0.25, -0.2) is 13.1 Å². The fraction of sp³-hybridized carbons (Fsp3) is 0.556. The molecular formula is C36H50ClN3O5S. The minimum atomic E-state index is -3.72. The smallest absolute Gasteiger partial charge is 0.305 e. The number of carbonyl (C=O) groups excluding carboxylic acids is 2. The average Bonchev–Trinajstić information content (AvgIpc) is 3.01. The predicted octanol–water partition coefficient (Wildman–Crippen LogP) is 7.09. The highest BCUT2D eigenvalue weighted by Gasteiger charge is 2.29. The van der Waals surface area contributed by atoms with Crippen molar-refractivity contribution in [2.75, 3.05) is 50.0 Å². The molecule has 8 nitrogen and oxygen atoms in total. The Morgan fingerprint density at radius 2 is 1.57 bits per heavy atom. The van der Waals surface area contributed by atoms with E-state index in [0.29, 0.717) is 30.4 Å². The molecule has 0 spiro atoms. The summed E-state index contributed by atoms with van der Waals surface area (Å²) >= 11 is 6.16. The summed E-state index contributed by atoms with van der Waals surface area (Å²) in [6.07, 6.45) is 7.35. The van der Waals surface area contributed by atoms with Gasteiger partial charge in [0.1, 0.15) is 0 Å². The maximum absolute atomic E-state index is 12.7. The SMILES string of the molecule is CCOC(=O)CCCCCCCS(=O)(=O)NC(=O)c1ccc(N2CCN(CC3=C(c4ccc(Cl)cc4)CCC(C)(C)C3)CC2)cc1. The first kappa shape index (κ1) is 36.0. The van der Waals surface area contributed by atoms with Gasteiger partial charge in [0, 0.05) is 55.4 Å². The monoisotopic (exact) mass is 671 g/mol. The van der Waals surface area contributed by atoms with Crippen molar-refractivity contribution in [2.24, 2.45) is 5.41 Å². The van der Waals surface area contributed by atoms with Crippen LogP contribution in [0.1, 0.15) is 94.5 Å². The quantitative estimate of drug-likeness (QED) is 0.160. The first-order valence-electron chi connectivity index (χ1n) is 16.7. The number of piperazine rings is 1. The van der Waals surface area contributed by atoms with Gasteiger partial charge in [0.25, 0.3) is 5.91 Å². The van der Waals surface area contributed by atoms with Gasteiger partial charge in [0.2, 0.25) is 10.0 Å². The molecule has 2 aromatic carbocycles. The number of esters is 1. The molecule has 46 heavy (non-hydrogen) atoms. The number of rotatable bonds is 15. The minimum absolute atomic E-state index is 0.103. The lowest BCUT2D eigenvalue weighted by Crippen LogP contribution is -2.47. The van der Waals surface area contributed by atoms with E-state index in [0.717, 1.165) is 82.0 Å². The Balaban J connectivity index is 1.22. The summed E-state index contributed by atoms with van der Waals surface area (Å²) in [6, 6.07) is 15.5. The molecule has 2 aliphatic rings. The van der Waals surface area contributed by atoms with Crippen molar-refractivity contribution < 1.29 is 22.7 Å². The number of benzene rings is 2. The zero-order valence-corrected chi connectivity index (χ0v) is 29.2. The second-order valence-electron chi connectivity index (χ2n) is 13.3. The van der Waals surface area contributed by atoms with Gasteiger partial charge in [-0.1, -0.05) is 62.4 Å². The number of sulfonamides is 1. The molecule has 1 aliphatic heterocycles. The van der Waals surface area contributed by atoms with Crippen LogP contribution in [0.3, 0.4) is 0 Å². The Bertz CT molecular complexity index is 1450. The number of ether oxygens (including phenoxy) is 1. The molecule has 10 heteroatoms. The topological polar surface area (TPSA) is 96.0 Å². The summed E-state index contributed by atoms with van der Waals surface area (Å²) in [6.45, 7) is 11.5. The Labute approximate surface area is 280 Å². The van der Waals surface area contributed by atoms with Crippen LogP contribution in [-0.4, -0.2) is 70.3 Å². The van der Waals surface area contributed by atoms with Crippen LogP contribution in [0, 0.1) is 5.41 Å². The van der Waals surface area contributed by atoms with Crippen molar-refractivity contribution in [2.45, 2.75) is 78.6 Å². The summed E-state index contributed by atoms with van der Waals surface area (Å²) in [5.74, 6) is -0.902. The van der Waals surface area contributed by atoms with E-state index in [1.54, 1.807) is 19.1 Å². The summed E-state index contributed by atoms with van der Waals surface area (Å²) < 4.78 is 32.1. The lowest BCUT2D eigenvalue weighted by molar-refractivity contribution is -0.143. The van der Waals surface area contributed by atoms with Gasteiger partial charge in [-0.3, -0.25) is 14.5 Å². The van der Waals surface area contributed by atoms with E-state index in [1.165, 1.54) is 23.1 Å². The van der Waals surface area contributed by atoms with Gasteiger partial charge in [0.15, 0.2) is 0 Å². The average molecular weight is 672 g/mol. The van der Waals surface area contributed by atoms with Crippen LogP contribution in [0.2, 0.25) is 5.02 Å². The molecule has 0 bridgehead atoms. The van der Waals surface area contributed by atoms with Crippen molar-refractivity contribution >= 4 is 44.8 Å². The normalized spacial score (nSPS) is 17.2. The van der Waals surface area contributed by atoms with Crippen LogP contribution in [0.5, 0.6) is 0 Å². The fourth-order valence-corrected chi connectivity index (χ4v) is 7.61. The lowest BCUT2D eigenvalue weighted by atomic mass is 9.73. The third kappa shape index (κ3) is 11.1. The van der Waals surface area contributed by atoms with Crippen LogP contribution in [-0.2, 0) is 19.6 Å². The number of carbonyl (C=O) groups is 2. The van der Waals surface area contributed by atoms with E-state index in [4.69, 9.17) is 16.3 Å². The van der Waals surface area contributed by atoms with Crippen LogP contribution < -0.4 is 9.62 Å². The second-order valence-corrected chi connectivity index (χ2v) is 15.6. The molecule has 0 unspecified atom stereocenters. The molecule has 1 amide bonds. The van der Waals surface area contributed by atoms with E-state index in [-0.39, 0.29) is 11.7 Å². The van der Waals surface area contributed by atoms with E-state index in [1.807, 2.05) is 24.3 Å². The Kier molecular flexibility index (Phi) is 13.1. The van der Waals surface area contributed by atoms with Crippen LogP contribution >= 0.6 is 11.6 Å². The lowest BCUT2D eigenvalue weighted by Gasteiger charge is -2.39. The maximum atomic E-state index is 12.7. The van der Waals surface area contributed by atoms with E-state index in [9.17, 15) is 18.0 Å². The van der Waals surface area contributed by atoms with Crippen LogP contribution in [0.4, 0.5) is 5.69 Å². The third-order valence-corrected chi connectivity index (χ3v) is 10.6. The molecule has 0 aromatic heterocycles. The van der Waals surface area contributed by atoms with Gasteiger partial charge in [0.05, 0.1) is 12.4 Å². The zero-order valence-electron chi connectivity index (χ0n) is 27.7. The highest BCUT2D eigenvalue weighted by molar-refractivity contribution is 7.90. The number of hydrogen-bond acceptors (Lipinski definition) is 7.